The van der Waals surface area contributed by atoms with Crippen LogP contribution in [-0.4, -0.2) is 26.3 Å². The van der Waals surface area contributed by atoms with Gasteiger partial charge in [0.05, 0.1) is 19.3 Å². The van der Waals surface area contributed by atoms with Gasteiger partial charge in [0.25, 0.3) is 0 Å². The Hall–Kier alpha value is -0.610. The lowest BCUT2D eigenvalue weighted by molar-refractivity contribution is 0.0765. The molecule has 17 heavy (non-hydrogen) atoms. The Labute approximate surface area is 106 Å². The van der Waals surface area contributed by atoms with Gasteiger partial charge in [-0.15, -0.1) is 0 Å². The first-order valence-corrected chi connectivity index (χ1v) is 6.55. The SMILES string of the molecule is Clc1cc2c(c(C3COCCN3)c1)CNCC2. The minimum atomic E-state index is 0.288. The fraction of sp³-hybridized carbons (Fsp3) is 0.538. The van der Waals surface area contributed by atoms with E-state index in [0.717, 1.165) is 44.3 Å². The number of benzene rings is 1. The zero-order chi connectivity index (χ0) is 11.7. The van der Waals surface area contributed by atoms with Gasteiger partial charge in [-0.05, 0) is 41.8 Å². The number of fused-ring (bicyclic) bond motifs is 1. The molecular formula is C13H17ClN2O. The molecule has 3 nitrogen and oxygen atoms in total. The first-order valence-electron chi connectivity index (χ1n) is 6.17. The van der Waals surface area contributed by atoms with E-state index in [1.807, 2.05) is 0 Å². The van der Waals surface area contributed by atoms with Crippen molar-refractivity contribution in [1.82, 2.24) is 10.6 Å². The summed E-state index contributed by atoms with van der Waals surface area (Å²) in [4.78, 5) is 0. The fourth-order valence-corrected chi connectivity index (χ4v) is 2.92. The Morgan fingerprint density at radius 2 is 2.24 bits per heavy atom. The Morgan fingerprint density at radius 1 is 1.29 bits per heavy atom. The standard InChI is InChI=1S/C13H17ClN2O/c14-10-5-9-1-2-15-7-12(9)11(6-10)13-8-17-4-3-16-13/h5-6,13,15-16H,1-4,7-8H2. The third kappa shape index (κ3) is 2.33. The van der Waals surface area contributed by atoms with E-state index in [9.17, 15) is 0 Å². The van der Waals surface area contributed by atoms with Crippen LogP contribution in [0.2, 0.25) is 5.02 Å². The van der Waals surface area contributed by atoms with Crippen LogP contribution in [-0.2, 0) is 17.7 Å². The quantitative estimate of drug-likeness (QED) is 0.798. The minimum absolute atomic E-state index is 0.288. The summed E-state index contributed by atoms with van der Waals surface area (Å²) in [7, 11) is 0. The summed E-state index contributed by atoms with van der Waals surface area (Å²) < 4.78 is 5.54. The largest absolute Gasteiger partial charge is 0.378 e. The molecule has 2 N–H and O–H groups in total. The summed E-state index contributed by atoms with van der Waals surface area (Å²) in [5.41, 5.74) is 4.10. The van der Waals surface area contributed by atoms with Crippen LogP contribution >= 0.6 is 11.6 Å². The van der Waals surface area contributed by atoms with E-state index in [1.54, 1.807) is 0 Å². The zero-order valence-electron chi connectivity index (χ0n) is 9.76. The van der Waals surface area contributed by atoms with Gasteiger partial charge in [-0.2, -0.15) is 0 Å². The van der Waals surface area contributed by atoms with Crippen LogP contribution < -0.4 is 10.6 Å². The van der Waals surface area contributed by atoms with Crippen molar-refractivity contribution in [1.29, 1.82) is 0 Å². The molecule has 3 rings (SSSR count). The molecule has 1 aromatic carbocycles. The van der Waals surface area contributed by atoms with Crippen LogP contribution in [0, 0.1) is 0 Å². The Bertz CT molecular complexity index is 416. The third-order valence-electron chi connectivity index (χ3n) is 3.51. The summed E-state index contributed by atoms with van der Waals surface area (Å²) in [5, 5.41) is 7.77. The zero-order valence-corrected chi connectivity index (χ0v) is 10.5. The number of rotatable bonds is 1. The maximum atomic E-state index is 6.21. The lowest BCUT2D eigenvalue weighted by atomic mass is 9.92. The van der Waals surface area contributed by atoms with E-state index in [2.05, 4.69) is 22.8 Å². The van der Waals surface area contributed by atoms with Gasteiger partial charge >= 0.3 is 0 Å². The van der Waals surface area contributed by atoms with Crippen molar-refractivity contribution >= 4 is 11.6 Å². The number of morpholine rings is 1. The van der Waals surface area contributed by atoms with E-state index in [0.29, 0.717) is 0 Å². The van der Waals surface area contributed by atoms with Crippen molar-refractivity contribution in [3.63, 3.8) is 0 Å². The third-order valence-corrected chi connectivity index (χ3v) is 3.73. The molecule has 1 saturated heterocycles. The summed E-state index contributed by atoms with van der Waals surface area (Å²) in [6.07, 6.45) is 1.07. The lowest BCUT2D eigenvalue weighted by Crippen LogP contribution is -2.36. The molecular weight excluding hydrogens is 236 g/mol. The Balaban J connectivity index is 1.98. The summed E-state index contributed by atoms with van der Waals surface area (Å²) >= 11 is 6.21. The Kier molecular flexibility index (Phi) is 3.34. The first kappa shape index (κ1) is 11.5. The van der Waals surface area contributed by atoms with Gasteiger partial charge in [0.1, 0.15) is 0 Å². The smallest absolute Gasteiger partial charge is 0.0662 e. The van der Waals surface area contributed by atoms with Crippen molar-refractivity contribution < 1.29 is 4.74 Å². The van der Waals surface area contributed by atoms with Gasteiger partial charge in [-0.1, -0.05) is 11.6 Å². The molecule has 0 aliphatic carbocycles. The van der Waals surface area contributed by atoms with Gasteiger partial charge in [0.15, 0.2) is 0 Å². The van der Waals surface area contributed by atoms with Crippen LogP contribution in [0.3, 0.4) is 0 Å². The van der Waals surface area contributed by atoms with E-state index < -0.39 is 0 Å². The first-order chi connectivity index (χ1) is 8.34. The van der Waals surface area contributed by atoms with Crippen LogP contribution in [0.4, 0.5) is 0 Å². The van der Waals surface area contributed by atoms with E-state index in [4.69, 9.17) is 16.3 Å². The van der Waals surface area contributed by atoms with Crippen molar-refractivity contribution in [2.24, 2.45) is 0 Å². The van der Waals surface area contributed by atoms with Crippen molar-refractivity contribution in [2.45, 2.75) is 19.0 Å². The molecule has 2 aliphatic heterocycles. The highest BCUT2D eigenvalue weighted by Gasteiger charge is 2.22. The lowest BCUT2D eigenvalue weighted by Gasteiger charge is -2.29. The molecule has 2 heterocycles. The number of hydrogen-bond donors (Lipinski definition) is 2. The topological polar surface area (TPSA) is 33.3 Å². The summed E-state index contributed by atoms with van der Waals surface area (Å²) in [5.74, 6) is 0. The van der Waals surface area contributed by atoms with Crippen molar-refractivity contribution in [3.8, 4) is 0 Å². The maximum Gasteiger partial charge on any atom is 0.0662 e. The predicted octanol–water partition coefficient (Wildman–Crippen LogP) is 1.65. The van der Waals surface area contributed by atoms with Gasteiger partial charge < -0.3 is 15.4 Å². The van der Waals surface area contributed by atoms with Crippen LogP contribution in [0.25, 0.3) is 0 Å². The average molecular weight is 253 g/mol. The minimum Gasteiger partial charge on any atom is -0.378 e. The highest BCUT2D eigenvalue weighted by molar-refractivity contribution is 6.30. The molecule has 1 aromatic rings. The van der Waals surface area contributed by atoms with Crippen LogP contribution in [0.1, 0.15) is 22.7 Å². The summed E-state index contributed by atoms with van der Waals surface area (Å²) in [6, 6.07) is 4.47. The van der Waals surface area contributed by atoms with Gasteiger partial charge in [0, 0.05) is 18.1 Å². The molecule has 1 unspecified atom stereocenters. The predicted molar refractivity (Wildman–Crippen MR) is 68.4 cm³/mol. The second-order valence-corrected chi connectivity index (χ2v) is 5.08. The van der Waals surface area contributed by atoms with Crippen molar-refractivity contribution in [2.75, 3.05) is 26.3 Å². The number of ether oxygens (including phenoxy) is 1. The van der Waals surface area contributed by atoms with E-state index >= 15 is 0 Å². The maximum absolute atomic E-state index is 6.21. The van der Waals surface area contributed by atoms with E-state index in [1.165, 1.54) is 16.7 Å². The molecule has 0 spiro atoms. The molecule has 0 saturated carbocycles. The van der Waals surface area contributed by atoms with Gasteiger partial charge in [0.2, 0.25) is 0 Å². The molecule has 0 amide bonds. The average Bonchev–Trinajstić information content (AvgIpc) is 2.39. The molecule has 1 fully saturated rings. The molecule has 92 valence electrons. The highest BCUT2D eigenvalue weighted by atomic mass is 35.5. The normalized spacial score (nSPS) is 24.4. The molecule has 2 aliphatic rings. The van der Waals surface area contributed by atoms with Crippen LogP contribution in [0.5, 0.6) is 0 Å². The molecule has 4 heteroatoms. The van der Waals surface area contributed by atoms with Crippen LogP contribution in [0.15, 0.2) is 12.1 Å². The Morgan fingerprint density at radius 3 is 3.06 bits per heavy atom. The second-order valence-electron chi connectivity index (χ2n) is 4.64. The second kappa shape index (κ2) is 4.94. The van der Waals surface area contributed by atoms with Gasteiger partial charge in [-0.25, -0.2) is 0 Å². The molecule has 1 atom stereocenters. The summed E-state index contributed by atoms with van der Waals surface area (Å²) in [6.45, 7) is 4.45. The number of nitrogens with one attached hydrogen (secondary N) is 2. The molecule has 0 radical (unpaired) electrons. The number of hydrogen-bond acceptors (Lipinski definition) is 3. The fourth-order valence-electron chi connectivity index (χ4n) is 2.67. The van der Waals surface area contributed by atoms with E-state index in [-0.39, 0.29) is 6.04 Å². The monoisotopic (exact) mass is 252 g/mol. The molecule has 0 aromatic heterocycles. The highest BCUT2D eigenvalue weighted by Crippen LogP contribution is 2.29. The van der Waals surface area contributed by atoms with Crippen molar-refractivity contribution in [3.05, 3.63) is 33.8 Å². The van der Waals surface area contributed by atoms with Gasteiger partial charge in [-0.3, -0.25) is 0 Å². The molecule has 0 bridgehead atoms. The number of halogens is 1.